The van der Waals surface area contributed by atoms with Gasteiger partial charge in [0.15, 0.2) is 11.6 Å². The van der Waals surface area contributed by atoms with Crippen molar-refractivity contribution in [3.8, 4) is 5.75 Å². The molecule has 0 saturated heterocycles. The predicted molar refractivity (Wildman–Crippen MR) is 61.2 cm³/mol. The van der Waals surface area contributed by atoms with Crippen LogP contribution in [0.25, 0.3) is 0 Å². The van der Waals surface area contributed by atoms with Crippen LogP contribution in [-0.4, -0.2) is 28.0 Å². The fraction of sp³-hybridized carbons (Fsp3) is 0.167. The number of carbonyl (C=O) groups is 1. The van der Waals surface area contributed by atoms with Gasteiger partial charge in [0, 0.05) is 6.20 Å². The van der Waals surface area contributed by atoms with Crippen LogP contribution in [0, 0.1) is 5.82 Å². The molecule has 0 spiro atoms. The van der Waals surface area contributed by atoms with Gasteiger partial charge < -0.3 is 9.84 Å². The molecular formula is C12H11FN2O3. The minimum Gasteiger partial charge on any atom is -0.494 e. The lowest BCUT2D eigenvalue weighted by atomic mass is 10.2. The maximum atomic E-state index is 13.5. The van der Waals surface area contributed by atoms with E-state index in [1.807, 2.05) is 0 Å². The number of ether oxygens (including phenoxy) is 1. The maximum Gasteiger partial charge on any atom is 0.354 e. The fourth-order valence-electron chi connectivity index (χ4n) is 1.62. The second-order valence-corrected chi connectivity index (χ2v) is 3.65. The van der Waals surface area contributed by atoms with Crippen molar-refractivity contribution in [1.29, 1.82) is 0 Å². The van der Waals surface area contributed by atoms with E-state index in [4.69, 9.17) is 9.84 Å². The Labute approximate surface area is 102 Å². The maximum absolute atomic E-state index is 13.5. The van der Waals surface area contributed by atoms with Gasteiger partial charge >= 0.3 is 5.97 Å². The monoisotopic (exact) mass is 250 g/mol. The third-order valence-corrected chi connectivity index (χ3v) is 2.48. The summed E-state index contributed by atoms with van der Waals surface area (Å²) in [6, 6.07) is 5.85. The Balaban J connectivity index is 2.26. The average Bonchev–Trinajstić information content (AvgIpc) is 2.77. The number of rotatable bonds is 4. The highest BCUT2D eigenvalue weighted by Gasteiger charge is 2.11. The van der Waals surface area contributed by atoms with Gasteiger partial charge in [-0.2, -0.15) is 5.10 Å². The molecule has 2 rings (SSSR count). The van der Waals surface area contributed by atoms with Gasteiger partial charge in [-0.1, -0.05) is 6.07 Å². The molecule has 1 N–H and O–H groups in total. The molecule has 94 valence electrons. The Morgan fingerprint density at radius 1 is 1.50 bits per heavy atom. The largest absolute Gasteiger partial charge is 0.494 e. The Hall–Kier alpha value is -2.37. The van der Waals surface area contributed by atoms with Crippen molar-refractivity contribution in [1.82, 2.24) is 9.78 Å². The lowest BCUT2D eigenvalue weighted by Gasteiger charge is -2.07. The lowest BCUT2D eigenvalue weighted by Crippen LogP contribution is -2.11. The molecule has 0 unspecified atom stereocenters. The summed E-state index contributed by atoms with van der Waals surface area (Å²) in [6.45, 7) is 0.190. The minimum absolute atomic E-state index is 0.0613. The zero-order chi connectivity index (χ0) is 13.1. The minimum atomic E-state index is -1.07. The quantitative estimate of drug-likeness (QED) is 0.898. The molecule has 1 aromatic carbocycles. The van der Waals surface area contributed by atoms with E-state index in [0.717, 1.165) is 0 Å². The van der Waals surface area contributed by atoms with Crippen molar-refractivity contribution < 1.29 is 19.0 Å². The molecule has 0 fully saturated rings. The number of carboxylic acid groups (broad SMARTS) is 1. The Kier molecular flexibility index (Phi) is 3.27. The molecule has 0 amide bonds. The number of halogens is 1. The number of hydrogen-bond donors (Lipinski definition) is 1. The van der Waals surface area contributed by atoms with Gasteiger partial charge in [-0.25, -0.2) is 9.18 Å². The molecule has 0 saturated carbocycles. The van der Waals surface area contributed by atoms with E-state index in [2.05, 4.69) is 5.10 Å². The SMILES string of the molecule is COc1ccc(Cn2nccc2C(=O)O)cc1F. The molecule has 0 atom stereocenters. The van der Waals surface area contributed by atoms with Crippen LogP contribution in [0.3, 0.4) is 0 Å². The number of aromatic nitrogens is 2. The smallest absolute Gasteiger partial charge is 0.354 e. The van der Waals surface area contributed by atoms with E-state index < -0.39 is 11.8 Å². The molecule has 18 heavy (non-hydrogen) atoms. The average molecular weight is 250 g/mol. The van der Waals surface area contributed by atoms with Crippen LogP contribution in [0.5, 0.6) is 5.75 Å². The first kappa shape index (κ1) is 12.1. The lowest BCUT2D eigenvalue weighted by molar-refractivity contribution is 0.0684. The summed E-state index contributed by atoms with van der Waals surface area (Å²) in [5.74, 6) is -1.40. The van der Waals surface area contributed by atoms with E-state index >= 15 is 0 Å². The van der Waals surface area contributed by atoms with Gasteiger partial charge in [0.25, 0.3) is 0 Å². The molecule has 1 heterocycles. The first-order valence-electron chi connectivity index (χ1n) is 5.19. The number of benzene rings is 1. The van der Waals surface area contributed by atoms with Crippen molar-refractivity contribution in [2.45, 2.75) is 6.54 Å². The highest BCUT2D eigenvalue weighted by Crippen LogP contribution is 2.18. The zero-order valence-electron chi connectivity index (χ0n) is 9.63. The first-order valence-corrected chi connectivity index (χ1v) is 5.19. The van der Waals surface area contributed by atoms with E-state index in [-0.39, 0.29) is 18.0 Å². The summed E-state index contributed by atoms with van der Waals surface area (Å²) in [5.41, 5.74) is 0.672. The molecule has 0 aliphatic carbocycles. The normalized spacial score (nSPS) is 10.3. The molecule has 5 nitrogen and oxygen atoms in total. The Morgan fingerprint density at radius 2 is 2.28 bits per heavy atom. The Morgan fingerprint density at radius 3 is 2.89 bits per heavy atom. The van der Waals surface area contributed by atoms with Gasteiger partial charge in [-0.15, -0.1) is 0 Å². The van der Waals surface area contributed by atoms with E-state index in [1.54, 1.807) is 6.07 Å². The van der Waals surface area contributed by atoms with Crippen LogP contribution in [0.4, 0.5) is 4.39 Å². The zero-order valence-corrected chi connectivity index (χ0v) is 9.63. The third-order valence-electron chi connectivity index (χ3n) is 2.48. The van der Waals surface area contributed by atoms with Crippen molar-refractivity contribution in [3.63, 3.8) is 0 Å². The number of carboxylic acids is 1. The first-order chi connectivity index (χ1) is 8.61. The summed E-state index contributed by atoms with van der Waals surface area (Å²) in [5, 5.41) is 12.8. The molecule has 0 radical (unpaired) electrons. The van der Waals surface area contributed by atoms with Crippen LogP contribution in [0.15, 0.2) is 30.5 Å². The molecule has 0 aliphatic heterocycles. The number of methoxy groups -OCH3 is 1. The van der Waals surface area contributed by atoms with E-state index in [1.165, 1.54) is 36.2 Å². The van der Waals surface area contributed by atoms with Gasteiger partial charge in [0.1, 0.15) is 5.69 Å². The van der Waals surface area contributed by atoms with Crippen LogP contribution >= 0.6 is 0 Å². The molecular weight excluding hydrogens is 239 g/mol. The predicted octanol–water partition coefficient (Wildman–Crippen LogP) is 1.78. The molecule has 6 heteroatoms. The fourth-order valence-corrected chi connectivity index (χ4v) is 1.62. The molecule has 1 aromatic heterocycles. The summed E-state index contributed by atoms with van der Waals surface area (Å²) in [6.07, 6.45) is 1.39. The Bertz CT molecular complexity index is 580. The summed E-state index contributed by atoms with van der Waals surface area (Å²) < 4.78 is 19.6. The van der Waals surface area contributed by atoms with E-state index in [9.17, 15) is 9.18 Å². The highest BCUT2D eigenvalue weighted by atomic mass is 19.1. The molecule has 2 aromatic rings. The number of aromatic carboxylic acids is 1. The number of nitrogens with zero attached hydrogens (tertiary/aromatic N) is 2. The van der Waals surface area contributed by atoms with Gasteiger partial charge in [0.2, 0.25) is 0 Å². The van der Waals surface area contributed by atoms with Crippen molar-refractivity contribution in [2.24, 2.45) is 0 Å². The molecule has 0 aliphatic rings. The van der Waals surface area contributed by atoms with Gasteiger partial charge in [0.05, 0.1) is 13.7 Å². The standard InChI is InChI=1S/C12H11FN2O3/c1-18-11-3-2-8(6-9(11)13)7-15-10(12(16)17)4-5-14-15/h2-6H,7H2,1H3,(H,16,17). The topological polar surface area (TPSA) is 64.4 Å². The van der Waals surface area contributed by atoms with Crippen molar-refractivity contribution in [2.75, 3.05) is 7.11 Å². The summed E-state index contributed by atoms with van der Waals surface area (Å²) >= 11 is 0. The highest BCUT2D eigenvalue weighted by molar-refractivity contribution is 5.85. The van der Waals surface area contributed by atoms with Crippen molar-refractivity contribution >= 4 is 5.97 Å². The van der Waals surface area contributed by atoms with Gasteiger partial charge in [-0.05, 0) is 23.8 Å². The third kappa shape index (κ3) is 2.32. The van der Waals surface area contributed by atoms with Crippen LogP contribution in [-0.2, 0) is 6.54 Å². The van der Waals surface area contributed by atoms with Crippen LogP contribution in [0.2, 0.25) is 0 Å². The second kappa shape index (κ2) is 4.87. The summed E-state index contributed by atoms with van der Waals surface area (Å²) in [4.78, 5) is 10.9. The summed E-state index contributed by atoms with van der Waals surface area (Å²) in [7, 11) is 1.38. The number of hydrogen-bond acceptors (Lipinski definition) is 3. The van der Waals surface area contributed by atoms with E-state index in [0.29, 0.717) is 5.56 Å². The molecule has 0 bridgehead atoms. The van der Waals surface area contributed by atoms with Crippen LogP contribution in [0.1, 0.15) is 16.1 Å². The second-order valence-electron chi connectivity index (χ2n) is 3.65. The van der Waals surface area contributed by atoms with Gasteiger partial charge in [-0.3, -0.25) is 4.68 Å². The van der Waals surface area contributed by atoms with Crippen molar-refractivity contribution in [3.05, 3.63) is 47.5 Å². The van der Waals surface area contributed by atoms with Crippen LogP contribution < -0.4 is 4.74 Å².